The lowest BCUT2D eigenvalue weighted by Crippen LogP contribution is -2.32. The summed E-state index contributed by atoms with van der Waals surface area (Å²) in [6, 6.07) is 2.59. The van der Waals surface area contributed by atoms with Gasteiger partial charge in [0.25, 0.3) is 0 Å². The fourth-order valence-corrected chi connectivity index (χ4v) is 1.39. The van der Waals surface area contributed by atoms with E-state index < -0.39 is 5.97 Å². The molecule has 0 aliphatic carbocycles. The molecule has 1 aromatic rings. The molecule has 6 nitrogen and oxygen atoms in total. The SMILES string of the molecule is C=CCCCN(C)C(=O)Nc1ccc(C(=O)O)nc1. The van der Waals surface area contributed by atoms with Crippen LogP contribution in [-0.2, 0) is 0 Å². The molecule has 0 atom stereocenters. The van der Waals surface area contributed by atoms with Crippen molar-refractivity contribution < 1.29 is 14.7 Å². The number of carbonyl (C=O) groups excluding carboxylic acids is 1. The number of unbranched alkanes of at least 4 members (excludes halogenated alkanes) is 1. The first kappa shape index (κ1) is 14.7. The van der Waals surface area contributed by atoms with Crippen LogP contribution < -0.4 is 5.32 Å². The van der Waals surface area contributed by atoms with Gasteiger partial charge in [0.2, 0.25) is 0 Å². The molecule has 2 amide bonds. The molecule has 6 heteroatoms. The summed E-state index contributed by atoms with van der Waals surface area (Å²) in [6.45, 7) is 4.24. The van der Waals surface area contributed by atoms with E-state index in [-0.39, 0.29) is 11.7 Å². The number of hydrogen-bond donors (Lipinski definition) is 2. The van der Waals surface area contributed by atoms with Gasteiger partial charge in [-0.1, -0.05) is 6.08 Å². The van der Waals surface area contributed by atoms with Gasteiger partial charge in [-0.15, -0.1) is 6.58 Å². The second-order valence-electron chi connectivity index (χ2n) is 4.02. The van der Waals surface area contributed by atoms with Crippen molar-refractivity contribution in [1.29, 1.82) is 0 Å². The first-order chi connectivity index (χ1) is 9.04. The van der Waals surface area contributed by atoms with Gasteiger partial charge in [-0.05, 0) is 25.0 Å². The number of allylic oxidation sites excluding steroid dienone is 1. The minimum Gasteiger partial charge on any atom is -0.477 e. The van der Waals surface area contributed by atoms with E-state index in [0.29, 0.717) is 12.2 Å². The van der Waals surface area contributed by atoms with E-state index in [1.807, 2.05) is 0 Å². The lowest BCUT2D eigenvalue weighted by atomic mass is 10.3. The maximum Gasteiger partial charge on any atom is 0.354 e. The molecule has 2 N–H and O–H groups in total. The average Bonchev–Trinajstić information content (AvgIpc) is 2.39. The molecule has 0 saturated carbocycles. The number of carboxylic acids is 1. The second-order valence-corrected chi connectivity index (χ2v) is 4.02. The molecule has 0 unspecified atom stereocenters. The maximum atomic E-state index is 11.8. The first-order valence-corrected chi connectivity index (χ1v) is 5.87. The molecule has 102 valence electrons. The number of anilines is 1. The van der Waals surface area contributed by atoms with Crippen molar-refractivity contribution in [3.63, 3.8) is 0 Å². The van der Waals surface area contributed by atoms with Crippen LogP contribution in [0.15, 0.2) is 31.0 Å². The van der Waals surface area contributed by atoms with Gasteiger partial charge in [-0.3, -0.25) is 0 Å². The Bertz CT molecular complexity index is 457. The number of carbonyl (C=O) groups is 2. The number of hydrogen-bond acceptors (Lipinski definition) is 3. The van der Waals surface area contributed by atoms with Gasteiger partial charge < -0.3 is 15.3 Å². The third-order valence-electron chi connectivity index (χ3n) is 2.48. The molecule has 1 rings (SSSR count). The molecule has 1 heterocycles. The second kappa shape index (κ2) is 7.15. The molecular formula is C13H17N3O3. The third kappa shape index (κ3) is 4.79. The maximum absolute atomic E-state index is 11.8. The van der Waals surface area contributed by atoms with E-state index in [4.69, 9.17) is 5.11 Å². The highest BCUT2D eigenvalue weighted by Gasteiger charge is 2.09. The summed E-state index contributed by atoms with van der Waals surface area (Å²) in [6.07, 6.45) is 4.83. The zero-order valence-corrected chi connectivity index (χ0v) is 10.8. The zero-order valence-electron chi connectivity index (χ0n) is 10.8. The summed E-state index contributed by atoms with van der Waals surface area (Å²) in [5.74, 6) is -1.10. The molecule has 0 spiro atoms. The summed E-state index contributed by atoms with van der Waals surface area (Å²) in [5.41, 5.74) is 0.405. The summed E-state index contributed by atoms with van der Waals surface area (Å²) < 4.78 is 0. The summed E-state index contributed by atoms with van der Waals surface area (Å²) in [7, 11) is 1.69. The number of carboxylic acid groups (broad SMARTS) is 1. The Morgan fingerprint density at radius 1 is 1.53 bits per heavy atom. The molecular weight excluding hydrogens is 246 g/mol. The van der Waals surface area contributed by atoms with Crippen molar-refractivity contribution >= 4 is 17.7 Å². The Morgan fingerprint density at radius 3 is 2.79 bits per heavy atom. The smallest absolute Gasteiger partial charge is 0.354 e. The van der Waals surface area contributed by atoms with Crippen LogP contribution in [0.5, 0.6) is 0 Å². The van der Waals surface area contributed by atoms with Crippen molar-refractivity contribution in [2.75, 3.05) is 18.9 Å². The average molecular weight is 263 g/mol. The number of amides is 2. The highest BCUT2D eigenvalue weighted by molar-refractivity contribution is 5.90. The largest absolute Gasteiger partial charge is 0.477 e. The Kier molecular flexibility index (Phi) is 5.53. The van der Waals surface area contributed by atoms with Crippen LogP contribution in [0.1, 0.15) is 23.3 Å². The van der Waals surface area contributed by atoms with Crippen LogP contribution in [-0.4, -0.2) is 40.6 Å². The topological polar surface area (TPSA) is 82.5 Å². The Morgan fingerprint density at radius 2 is 2.26 bits per heavy atom. The number of nitrogens with zero attached hydrogens (tertiary/aromatic N) is 2. The molecule has 0 aromatic carbocycles. The number of pyridine rings is 1. The summed E-state index contributed by atoms with van der Waals surface area (Å²) in [4.78, 5) is 27.7. The van der Waals surface area contributed by atoms with Gasteiger partial charge in [0.05, 0.1) is 11.9 Å². The van der Waals surface area contributed by atoms with Crippen LogP contribution in [0.4, 0.5) is 10.5 Å². The lowest BCUT2D eigenvalue weighted by molar-refractivity contribution is 0.0690. The Labute approximate surface area is 111 Å². The monoisotopic (exact) mass is 263 g/mol. The van der Waals surface area contributed by atoms with Gasteiger partial charge in [-0.25, -0.2) is 14.6 Å². The molecule has 0 aliphatic rings. The summed E-state index contributed by atoms with van der Waals surface area (Å²) >= 11 is 0. The van der Waals surface area contributed by atoms with Crippen molar-refractivity contribution in [2.24, 2.45) is 0 Å². The van der Waals surface area contributed by atoms with Crippen molar-refractivity contribution in [3.05, 3.63) is 36.7 Å². The van der Waals surface area contributed by atoms with Gasteiger partial charge in [0.1, 0.15) is 5.69 Å². The van der Waals surface area contributed by atoms with Crippen molar-refractivity contribution in [3.8, 4) is 0 Å². The zero-order chi connectivity index (χ0) is 14.3. The Hall–Kier alpha value is -2.37. The van der Waals surface area contributed by atoms with Crippen LogP contribution >= 0.6 is 0 Å². The Balaban J connectivity index is 2.51. The van der Waals surface area contributed by atoms with Gasteiger partial charge >= 0.3 is 12.0 Å². The number of urea groups is 1. The highest BCUT2D eigenvalue weighted by Crippen LogP contribution is 2.07. The van der Waals surface area contributed by atoms with E-state index in [1.54, 1.807) is 18.0 Å². The summed E-state index contributed by atoms with van der Waals surface area (Å²) in [5, 5.41) is 11.3. The lowest BCUT2D eigenvalue weighted by Gasteiger charge is -2.17. The molecule has 19 heavy (non-hydrogen) atoms. The number of aromatic nitrogens is 1. The van der Waals surface area contributed by atoms with Crippen LogP contribution in [0, 0.1) is 0 Å². The predicted octanol–water partition coefficient (Wildman–Crippen LogP) is 2.21. The minimum absolute atomic E-state index is 0.0580. The van der Waals surface area contributed by atoms with Crippen LogP contribution in [0.25, 0.3) is 0 Å². The first-order valence-electron chi connectivity index (χ1n) is 5.87. The molecule has 0 aliphatic heterocycles. The van der Waals surface area contributed by atoms with E-state index in [0.717, 1.165) is 12.8 Å². The van der Waals surface area contributed by atoms with Gasteiger partial charge in [0, 0.05) is 13.6 Å². The minimum atomic E-state index is -1.10. The molecule has 1 aromatic heterocycles. The van der Waals surface area contributed by atoms with Gasteiger partial charge in [0.15, 0.2) is 0 Å². The molecule has 0 saturated heterocycles. The van der Waals surface area contributed by atoms with E-state index in [2.05, 4.69) is 16.9 Å². The number of nitrogens with one attached hydrogen (secondary N) is 1. The fraction of sp³-hybridized carbons (Fsp3) is 0.308. The van der Waals surface area contributed by atoms with E-state index >= 15 is 0 Å². The van der Waals surface area contributed by atoms with Crippen LogP contribution in [0.2, 0.25) is 0 Å². The van der Waals surface area contributed by atoms with E-state index in [1.165, 1.54) is 18.3 Å². The number of rotatable bonds is 6. The van der Waals surface area contributed by atoms with E-state index in [9.17, 15) is 9.59 Å². The van der Waals surface area contributed by atoms with Crippen molar-refractivity contribution in [1.82, 2.24) is 9.88 Å². The van der Waals surface area contributed by atoms with Gasteiger partial charge in [-0.2, -0.15) is 0 Å². The molecule has 0 bridgehead atoms. The van der Waals surface area contributed by atoms with Crippen LogP contribution in [0.3, 0.4) is 0 Å². The molecule has 0 radical (unpaired) electrons. The third-order valence-corrected chi connectivity index (χ3v) is 2.48. The highest BCUT2D eigenvalue weighted by atomic mass is 16.4. The quantitative estimate of drug-likeness (QED) is 0.609. The molecule has 0 fully saturated rings. The number of aromatic carboxylic acids is 1. The standard InChI is InChI=1S/C13H17N3O3/c1-3-4-5-8-16(2)13(19)15-10-6-7-11(12(17)18)14-9-10/h3,6-7,9H,1,4-5,8H2,2H3,(H,15,19)(H,17,18). The normalized spacial score (nSPS) is 9.74. The fourth-order valence-electron chi connectivity index (χ4n) is 1.39. The predicted molar refractivity (Wildman–Crippen MR) is 72.3 cm³/mol. The van der Waals surface area contributed by atoms with Crippen molar-refractivity contribution in [2.45, 2.75) is 12.8 Å².